The Morgan fingerprint density at radius 3 is 2.41 bits per heavy atom. The Morgan fingerprint density at radius 2 is 1.91 bits per heavy atom. The Kier molecular flexibility index (Phi) is 5.44. The zero-order chi connectivity index (χ0) is 17.1. The molecule has 0 unspecified atom stereocenters. The Labute approximate surface area is 132 Å². The molecule has 0 aliphatic carbocycles. The van der Waals surface area contributed by atoms with Crippen molar-refractivity contribution in [1.82, 2.24) is 5.32 Å². The van der Waals surface area contributed by atoms with Crippen LogP contribution in [0, 0.1) is 5.41 Å². The monoisotopic (exact) mass is 383 g/mol. The van der Waals surface area contributed by atoms with E-state index in [0.717, 1.165) is 6.07 Å². The van der Waals surface area contributed by atoms with Gasteiger partial charge in [0.15, 0.2) is 0 Å². The molecule has 122 valence electrons. The van der Waals surface area contributed by atoms with Crippen molar-refractivity contribution in [2.24, 2.45) is 5.41 Å². The Hall–Kier alpha value is -1.77. The van der Waals surface area contributed by atoms with Gasteiger partial charge in [-0.05, 0) is 48.0 Å². The number of ether oxygens (including phenoxy) is 1. The summed E-state index contributed by atoms with van der Waals surface area (Å²) in [5, 5.41) is 11.3. The molecule has 0 radical (unpaired) electrons. The van der Waals surface area contributed by atoms with Gasteiger partial charge >= 0.3 is 12.3 Å². The van der Waals surface area contributed by atoms with E-state index in [-0.39, 0.29) is 16.6 Å². The predicted octanol–water partition coefficient (Wildman–Crippen LogP) is 3.19. The molecule has 0 spiro atoms. The largest absolute Gasteiger partial charge is 0.573 e. The lowest BCUT2D eigenvalue weighted by atomic mass is 9.94. The Bertz CT molecular complexity index is 587. The number of halogens is 4. The van der Waals surface area contributed by atoms with Crippen molar-refractivity contribution in [3.05, 3.63) is 28.2 Å². The van der Waals surface area contributed by atoms with Crippen LogP contribution in [0.3, 0.4) is 0 Å². The van der Waals surface area contributed by atoms with Gasteiger partial charge in [0.1, 0.15) is 5.75 Å². The van der Waals surface area contributed by atoms with Gasteiger partial charge in [-0.3, -0.25) is 9.59 Å². The number of alkyl halides is 3. The van der Waals surface area contributed by atoms with E-state index in [2.05, 4.69) is 26.0 Å². The van der Waals surface area contributed by atoms with Crippen molar-refractivity contribution in [2.75, 3.05) is 6.54 Å². The number of carbonyl (C=O) groups excluding carboxylic acids is 1. The summed E-state index contributed by atoms with van der Waals surface area (Å²) >= 11 is 2.89. The predicted molar refractivity (Wildman–Crippen MR) is 74.6 cm³/mol. The van der Waals surface area contributed by atoms with Crippen molar-refractivity contribution in [1.29, 1.82) is 0 Å². The van der Waals surface area contributed by atoms with Gasteiger partial charge < -0.3 is 15.2 Å². The van der Waals surface area contributed by atoms with E-state index in [1.165, 1.54) is 26.0 Å². The number of hydrogen-bond donors (Lipinski definition) is 2. The third-order valence-corrected chi connectivity index (χ3v) is 3.34. The van der Waals surface area contributed by atoms with Crippen LogP contribution in [-0.2, 0) is 4.79 Å². The fourth-order valence-corrected chi connectivity index (χ4v) is 1.65. The summed E-state index contributed by atoms with van der Waals surface area (Å²) in [5.41, 5.74) is -1.28. The van der Waals surface area contributed by atoms with Crippen LogP contribution in [-0.4, -0.2) is 29.9 Å². The third kappa shape index (κ3) is 5.21. The number of carboxylic acids is 1. The quantitative estimate of drug-likeness (QED) is 0.818. The summed E-state index contributed by atoms with van der Waals surface area (Å²) in [6.07, 6.45) is -4.89. The fourth-order valence-electron chi connectivity index (χ4n) is 1.33. The summed E-state index contributed by atoms with van der Waals surface area (Å²) < 4.78 is 40.5. The molecule has 0 heterocycles. The van der Waals surface area contributed by atoms with Crippen LogP contribution in [0.2, 0.25) is 0 Å². The van der Waals surface area contributed by atoms with E-state index >= 15 is 0 Å². The molecule has 22 heavy (non-hydrogen) atoms. The van der Waals surface area contributed by atoms with Gasteiger partial charge in [-0.1, -0.05) is 0 Å². The van der Waals surface area contributed by atoms with E-state index in [0.29, 0.717) is 0 Å². The van der Waals surface area contributed by atoms with Crippen LogP contribution in [0.25, 0.3) is 0 Å². The average Bonchev–Trinajstić information content (AvgIpc) is 2.37. The highest BCUT2D eigenvalue weighted by atomic mass is 79.9. The highest BCUT2D eigenvalue weighted by Gasteiger charge is 2.32. The van der Waals surface area contributed by atoms with Crippen molar-refractivity contribution in [3.8, 4) is 5.75 Å². The first-order chi connectivity index (χ1) is 9.92. The van der Waals surface area contributed by atoms with E-state index in [1.54, 1.807) is 0 Å². The van der Waals surface area contributed by atoms with Gasteiger partial charge in [0.05, 0.1) is 9.89 Å². The lowest BCUT2D eigenvalue weighted by Crippen LogP contribution is -2.38. The highest BCUT2D eigenvalue weighted by Crippen LogP contribution is 2.31. The number of amides is 1. The molecule has 2 N–H and O–H groups in total. The van der Waals surface area contributed by atoms with Crippen LogP contribution in [0.4, 0.5) is 13.2 Å². The van der Waals surface area contributed by atoms with Gasteiger partial charge in [-0.2, -0.15) is 0 Å². The molecule has 0 atom stereocenters. The summed E-state index contributed by atoms with van der Waals surface area (Å²) in [7, 11) is 0. The van der Waals surface area contributed by atoms with Crippen molar-refractivity contribution < 1.29 is 32.6 Å². The maximum Gasteiger partial charge on any atom is 0.573 e. The average molecular weight is 384 g/mol. The molecule has 0 saturated heterocycles. The topological polar surface area (TPSA) is 75.6 Å². The summed E-state index contributed by atoms with van der Waals surface area (Å²) in [6.45, 7) is 2.65. The maximum atomic E-state index is 12.2. The third-order valence-electron chi connectivity index (χ3n) is 2.69. The summed E-state index contributed by atoms with van der Waals surface area (Å²) in [4.78, 5) is 22.8. The zero-order valence-electron chi connectivity index (χ0n) is 11.6. The van der Waals surface area contributed by atoms with Gasteiger partial charge in [0.25, 0.3) is 5.91 Å². The van der Waals surface area contributed by atoms with Crippen LogP contribution in [0.5, 0.6) is 5.75 Å². The van der Waals surface area contributed by atoms with E-state index in [4.69, 9.17) is 5.11 Å². The second-order valence-electron chi connectivity index (χ2n) is 5.06. The normalized spacial score (nSPS) is 11.9. The molecule has 0 saturated carbocycles. The van der Waals surface area contributed by atoms with Gasteiger partial charge in [0.2, 0.25) is 0 Å². The van der Waals surface area contributed by atoms with Crippen molar-refractivity contribution in [2.45, 2.75) is 20.2 Å². The number of carboxylic acid groups (broad SMARTS) is 1. The minimum absolute atomic E-state index is 0.0345. The van der Waals surface area contributed by atoms with E-state index < -0.39 is 29.4 Å². The first-order valence-corrected chi connectivity index (χ1v) is 6.78. The minimum Gasteiger partial charge on any atom is -0.481 e. The molecular weight excluding hydrogens is 371 g/mol. The van der Waals surface area contributed by atoms with Crippen LogP contribution < -0.4 is 10.1 Å². The van der Waals surface area contributed by atoms with Crippen LogP contribution in [0.15, 0.2) is 22.7 Å². The highest BCUT2D eigenvalue weighted by molar-refractivity contribution is 9.10. The number of carbonyl (C=O) groups is 2. The smallest absolute Gasteiger partial charge is 0.481 e. The standard InChI is InChI=1S/C13H13BrF3NO4/c1-12(2,11(20)21)6-18-10(19)7-3-4-8(14)9(5-7)22-13(15,16)17/h3-5H,6H2,1-2H3,(H,18,19)(H,20,21). The molecule has 0 bridgehead atoms. The van der Waals surface area contributed by atoms with Crippen molar-refractivity contribution in [3.63, 3.8) is 0 Å². The number of hydrogen-bond acceptors (Lipinski definition) is 3. The maximum absolute atomic E-state index is 12.2. The molecule has 9 heteroatoms. The lowest BCUT2D eigenvalue weighted by molar-refractivity contribution is -0.274. The molecule has 5 nitrogen and oxygen atoms in total. The molecule has 0 aromatic heterocycles. The van der Waals surface area contributed by atoms with E-state index in [9.17, 15) is 22.8 Å². The second kappa shape index (κ2) is 6.55. The zero-order valence-corrected chi connectivity index (χ0v) is 13.2. The number of rotatable bonds is 5. The molecule has 1 rings (SSSR count). The number of nitrogens with one attached hydrogen (secondary N) is 1. The molecule has 0 aliphatic heterocycles. The number of benzene rings is 1. The first-order valence-electron chi connectivity index (χ1n) is 5.99. The minimum atomic E-state index is -4.89. The number of aliphatic carboxylic acids is 1. The molecule has 0 fully saturated rings. The lowest BCUT2D eigenvalue weighted by Gasteiger charge is -2.19. The molecular formula is C13H13BrF3NO4. The molecule has 1 amide bonds. The molecule has 0 aliphatic rings. The van der Waals surface area contributed by atoms with Gasteiger partial charge in [0, 0.05) is 12.1 Å². The summed E-state index contributed by atoms with van der Waals surface area (Å²) in [5.74, 6) is -2.36. The molecule has 1 aromatic carbocycles. The fraction of sp³-hybridized carbons (Fsp3) is 0.385. The Morgan fingerprint density at radius 1 is 1.32 bits per heavy atom. The first kappa shape index (κ1) is 18.3. The second-order valence-corrected chi connectivity index (χ2v) is 5.92. The Balaban J connectivity index is 2.87. The SMILES string of the molecule is CC(C)(CNC(=O)c1ccc(Br)c(OC(F)(F)F)c1)C(=O)O. The molecule has 1 aromatic rings. The summed E-state index contributed by atoms with van der Waals surface area (Å²) in [6, 6.07) is 3.44. The van der Waals surface area contributed by atoms with Crippen molar-refractivity contribution >= 4 is 27.8 Å². The van der Waals surface area contributed by atoms with Gasteiger partial charge in [-0.15, -0.1) is 13.2 Å². The van der Waals surface area contributed by atoms with Crippen LogP contribution in [0.1, 0.15) is 24.2 Å². The van der Waals surface area contributed by atoms with E-state index in [1.807, 2.05) is 0 Å². The van der Waals surface area contributed by atoms with Crippen LogP contribution >= 0.6 is 15.9 Å². The van der Waals surface area contributed by atoms with Gasteiger partial charge in [-0.25, -0.2) is 0 Å².